The Balaban J connectivity index is 2.06. The number of carbonyl (C=O) groups is 2. The van der Waals surface area contributed by atoms with Crippen LogP contribution in [0.1, 0.15) is 29.8 Å². The average Bonchev–Trinajstić information content (AvgIpc) is 2.95. The Kier molecular flexibility index (Phi) is 7.10. The van der Waals surface area contributed by atoms with E-state index in [9.17, 15) is 9.59 Å². The molecule has 0 atom stereocenters. The van der Waals surface area contributed by atoms with Gasteiger partial charge in [-0.3, -0.25) is 10.1 Å². The Morgan fingerprint density at radius 2 is 2.00 bits per heavy atom. The molecule has 1 aromatic heterocycles. The molecule has 3 amide bonds. The molecule has 6 nitrogen and oxygen atoms in total. The number of halogens is 1. The van der Waals surface area contributed by atoms with E-state index in [1.807, 2.05) is 26.0 Å². The Labute approximate surface area is 159 Å². The number of benzene rings is 1. The summed E-state index contributed by atoms with van der Waals surface area (Å²) in [5, 5.41) is 6.90. The summed E-state index contributed by atoms with van der Waals surface area (Å²) in [6.07, 6.45) is 0. The predicted octanol–water partition coefficient (Wildman–Crippen LogP) is 3.97. The summed E-state index contributed by atoms with van der Waals surface area (Å²) in [5.74, 6) is 0.319. The number of aromatic nitrogens is 1. The Hall–Kier alpha value is -1.77. The molecular formula is C16H19ClN4O2S2. The zero-order chi connectivity index (χ0) is 18.4. The van der Waals surface area contributed by atoms with Crippen molar-refractivity contribution < 1.29 is 9.59 Å². The summed E-state index contributed by atoms with van der Waals surface area (Å²) in [7, 11) is 0. The minimum Gasteiger partial charge on any atom is -0.365 e. The van der Waals surface area contributed by atoms with Crippen LogP contribution >= 0.6 is 34.9 Å². The third-order valence-electron chi connectivity index (χ3n) is 3.09. The molecule has 9 heteroatoms. The lowest BCUT2D eigenvalue weighted by atomic mass is 10.2. The molecule has 0 saturated carbocycles. The van der Waals surface area contributed by atoms with E-state index < -0.39 is 5.91 Å². The van der Waals surface area contributed by atoms with Crippen LogP contribution in [0.3, 0.4) is 0 Å². The number of hydrogen-bond donors (Lipinski definition) is 3. The first kappa shape index (κ1) is 19.6. The van der Waals surface area contributed by atoms with Crippen LogP contribution in [0.15, 0.2) is 29.3 Å². The van der Waals surface area contributed by atoms with Gasteiger partial charge < -0.3 is 11.1 Å². The van der Waals surface area contributed by atoms with Crippen LogP contribution in [-0.4, -0.2) is 22.9 Å². The topological polar surface area (TPSA) is 97.1 Å². The highest BCUT2D eigenvalue weighted by Gasteiger charge is 2.20. The van der Waals surface area contributed by atoms with Gasteiger partial charge in [0.1, 0.15) is 15.6 Å². The minimum atomic E-state index is -0.619. The number of amides is 3. The normalized spacial score (nSPS) is 10.7. The maximum Gasteiger partial charge on any atom is 0.319 e. The van der Waals surface area contributed by atoms with Crippen LogP contribution in [0, 0.1) is 5.92 Å². The minimum absolute atomic E-state index is 0.240. The summed E-state index contributed by atoms with van der Waals surface area (Å²) in [5.41, 5.74) is 6.75. The summed E-state index contributed by atoms with van der Waals surface area (Å²) >= 11 is 8.29. The van der Waals surface area contributed by atoms with Crippen LogP contribution in [0.5, 0.6) is 0 Å². The van der Waals surface area contributed by atoms with Gasteiger partial charge in [0, 0.05) is 17.3 Å². The van der Waals surface area contributed by atoms with Crippen molar-refractivity contribution in [3.8, 4) is 0 Å². The van der Waals surface area contributed by atoms with E-state index in [1.54, 1.807) is 12.1 Å². The van der Waals surface area contributed by atoms with Crippen LogP contribution in [0.25, 0.3) is 0 Å². The molecule has 0 radical (unpaired) electrons. The van der Waals surface area contributed by atoms with E-state index in [2.05, 4.69) is 15.0 Å². The largest absolute Gasteiger partial charge is 0.365 e. The third-order valence-corrected chi connectivity index (χ3v) is 5.27. The van der Waals surface area contributed by atoms with E-state index in [1.165, 1.54) is 11.8 Å². The van der Waals surface area contributed by atoms with Crippen molar-refractivity contribution in [3.05, 3.63) is 40.4 Å². The van der Waals surface area contributed by atoms with E-state index in [0.717, 1.165) is 17.1 Å². The van der Waals surface area contributed by atoms with Crippen molar-refractivity contribution in [1.29, 1.82) is 0 Å². The molecule has 0 aliphatic heterocycles. The molecule has 0 bridgehead atoms. The number of carbonyl (C=O) groups excluding carboxylic acids is 2. The monoisotopic (exact) mass is 398 g/mol. The maximum absolute atomic E-state index is 11.9. The number of primary amides is 1. The summed E-state index contributed by atoms with van der Waals surface area (Å²) < 4.78 is 4.25. The van der Waals surface area contributed by atoms with Gasteiger partial charge in [-0.05, 0) is 35.1 Å². The van der Waals surface area contributed by atoms with E-state index in [-0.39, 0.29) is 11.6 Å². The quantitative estimate of drug-likeness (QED) is 0.615. The second kappa shape index (κ2) is 9.07. The molecule has 0 aliphatic carbocycles. The van der Waals surface area contributed by atoms with E-state index in [0.29, 0.717) is 33.3 Å². The molecule has 134 valence electrons. The Bertz CT molecular complexity index is 747. The average molecular weight is 399 g/mol. The predicted molar refractivity (Wildman–Crippen MR) is 104 cm³/mol. The zero-order valence-corrected chi connectivity index (χ0v) is 16.2. The molecule has 4 N–H and O–H groups in total. The van der Waals surface area contributed by atoms with Crippen molar-refractivity contribution in [2.24, 2.45) is 11.7 Å². The first-order valence-corrected chi connectivity index (χ1v) is 9.72. The summed E-state index contributed by atoms with van der Waals surface area (Å²) in [4.78, 5) is 23.7. The molecule has 1 aromatic carbocycles. The number of nitrogens with two attached hydrogens (primary N) is 1. The van der Waals surface area contributed by atoms with Crippen LogP contribution < -0.4 is 16.4 Å². The summed E-state index contributed by atoms with van der Waals surface area (Å²) in [6.45, 7) is 4.52. The second-order valence-electron chi connectivity index (χ2n) is 5.70. The van der Waals surface area contributed by atoms with Crippen molar-refractivity contribution in [1.82, 2.24) is 9.69 Å². The van der Waals surface area contributed by atoms with Gasteiger partial charge in [0.25, 0.3) is 5.91 Å². The van der Waals surface area contributed by atoms with Gasteiger partial charge in [-0.2, -0.15) is 4.37 Å². The highest BCUT2D eigenvalue weighted by molar-refractivity contribution is 7.98. The number of anilines is 1. The smallest absolute Gasteiger partial charge is 0.319 e. The molecule has 0 aliphatic rings. The number of urea groups is 1. The highest BCUT2D eigenvalue weighted by atomic mass is 35.5. The van der Waals surface area contributed by atoms with Crippen LogP contribution in [0.2, 0.25) is 5.02 Å². The Morgan fingerprint density at radius 3 is 2.60 bits per heavy atom. The first-order chi connectivity index (χ1) is 11.9. The number of thioether (sulfide) groups is 1. The fourth-order valence-corrected chi connectivity index (χ4v) is 3.90. The molecule has 0 saturated heterocycles. The van der Waals surface area contributed by atoms with E-state index >= 15 is 0 Å². The maximum atomic E-state index is 11.9. The molecular weight excluding hydrogens is 380 g/mol. The lowest BCUT2D eigenvalue weighted by Crippen LogP contribution is -2.32. The third kappa shape index (κ3) is 5.91. The fraction of sp³-hybridized carbons (Fsp3) is 0.312. The van der Waals surface area contributed by atoms with Crippen LogP contribution in [-0.2, 0) is 5.75 Å². The standard InChI is InChI=1S/C16H19ClN4O2S2/c1-9(2)7-19-16(23)20-14-12(13(18)22)15(21-25-14)24-8-10-3-5-11(17)6-4-10/h3-6,9H,7-8H2,1-2H3,(H2,18,22)(H2,19,20,23). The fourth-order valence-electron chi connectivity index (χ4n) is 1.85. The van der Waals surface area contributed by atoms with Crippen molar-refractivity contribution in [2.75, 3.05) is 11.9 Å². The SMILES string of the molecule is CC(C)CNC(=O)Nc1snc(SCc2ccc(Cl)cc2)c1C(N)=O. The molecule has 25 heavy (non-hydrogen) atoms. The van der Waals surface area contributed by atoms with Gasteiger partial charge in [-0.15, -0.1) is 0 Å². The Morgan fingerprint density at radius 1 is 1.32 bits per heavy atom. The van der Waals surface area contributed by atoms with Gasteiger partial charge in [0.05, 0.1) is 0 Å². The van der Waals surface area contributed by atoms with Crippen molar-refractivity contribution >= 4 is 51.8 Å². The highest BCUT2D eigenvalue weighted by Crippen LogP contribution is 2.33. The van der Waals surface area contributed by atoms with Gasteiger partial charge in [0.2, 0.25) is 0 Å². The lowest BCUT2D eigenvalue weighted by Gasteiger charge is -2.08. The number of hydrogen-bond acceptors (Lipinski definition) is 5. The zero-order valence-electron chi connectivity index (χ0n) is 13.8. The number of nitrogens with one attached hydrogen (secondary N) is 2. The molecule has 0 spiro atoms. The van der Waals surface area contributed by atoms with Gasteiger partial charge in [-0.25, -0.2) is 4.79 Å². The van der Waals surface area contributed by atoms with Gasteiger partial charge >= 0.3 is 6.03 Å². The van der Waals surface area contributed by atoms with E-state index in [4.69, 9.17) is 17.3 Å². The van der Waals surface area contributed by atoms with Crippen LogP contribution in [0.4, 0.5) is 9.80 Å². The lowest BCUT2D eigenvalue weighted by molar-refractivity contribution is 0.0998. The first-order valence-electron chi connectivity index (χ1n) is 7.58. The van der Waals surface area contributed by atoms with Crippen molar-refractivity contribution in [3.63, 3.8) is 0 Å². The van der Waals surface area contributed by atoms with Gasteiger partial charge in [0.15, 0.2) is 0 Å². The number of rotatable bonds is 7. The second-order valence-corrected chi connectivity index (χ2v) is 7.87. The molecule has 0 fully saturated rings. The number of nitrogens with zero attached hydrogens (tertiary/aromatic N) is 1. The molecule has 2 rings (SSSR count). The summed E-state index contributed by atoms with van der Waals surface area (Å²) in [6, 6.07) is 7.04. The molecule has 0 unspecified atom stereocenters. The molecule has 1 heterocycles. The van der Waals surface area contributed by atoms with Gasteiger partial charge in [-0.1, -0.05) is 49.3 Å². The molecule has 2 aromatic rings. The van der Waals surface area contributed by atoms with Crippen molar-refractivity contribution in [2.45, 2.75) is 24.6 Å².